The minimum absolute atomic E-state index is 0.0407. The van der Waals surface area contributed by atoms with Crippen molar-refractivity contribution < 1.29 is 9.26 Å². The van der Waals surface area contributed by atoms with Gasteiger partial charge in [0, 0.05) is 18.0 Å². The molecule has 3 aromatic heterocycles. The van der Waals surface area contributed by atoms with Crippen LogP contribution >= 0.6 is 23.1 Å². The number of aryl methyl sites for hydroxylation is 2. The van der Waals surface area contributed by atoms with Crippen LogP contribution in [0.4, 0.5) is 0 Å². The zero-order valence-electron chi connectivity index (χ0n) is 16.9. The molecule has 0 saturated heterocycles. The van der Waals surface area contributed by atoms with E-state index >= 15 is 0 Å². The molecule has 152 valence electrons. The number of aromatic nitrogens is 4. The summed E-state index contributed by atoms with van der Waals surface area (Å²) in [6.07, 6.45) is 1.74. The van der Waals surface area contributed by atoms with Gasteiger partial charge in [-0.1, -0.05) is 30.3 Å². The molecule has 1 atom stereocenters. The van der Waals surface area contributed by atoms with Gasteiger partial charge in [-0.05, 0) is 39.7 Å². The van der Waals surface area contributed by atoms with Gasteiger partial charge in [0.05, 0.1) is 11.1 Å². The maximum absolute atomic E-state index is 13.1. The maximum Gasteiger partial charge on any atom is 0.263 e. The highest BCUT2D eigenvalue weighted by Gasteiger charge is 2.18. The van der Waals surface area contributed by atoms with Crippen LogP contribution in [0.5, 0.6) is 0 Å². The zero-order chi connectivity index (χ0) is 20.3. The molecular weight excluding hydrogens is 396 g/mol. The Morgan fingerprint density at radius 3 is 2.79 bits per heavy atom. The van der Waals surface area contributed by atoms with E-state index in [0.717, 1.165) is 33.5 Å². The Hall–Kier alpha value is -1.71. The Morgan fingerprint density at radius 1 is 1.29 bits per heavy atom. The molecule has 0 radical (unpaired) electrons. The van der Waals surface area contributed by atoms with Gasteiger partial charge in [0.2, 0.25) is 5.89 Å². The van der Waals surface area contributed by atoms with E-state index in [1.165, 1.54) is 11.8 Å². The summed E-state index contributed by atoms with van der Waals surface area (Å²) in [6.45, 7) is 11.2. The Balaban J connectivity index is 1.88. The monoisotopic (exact) mass is 422 g/mol. The number of fused-ring (bicyclic) bond motifs is 1. The molecule has 0 saturated carbocycles. The molecule has 3 aromatic rings. The molecule has 3 rings (SSSR count). The third-order valence-corrected chi connectivity index (χ3v) is 6.64. The third-order valence-electron chi connectivity index (χ3n) is 4.58. The molecule has 0 amide bonds. The lowest BCUT2D eigenvalue weighted by atomic mass is 10.2. The average Bonchev–Trinajstić information content (AvgIpc) is 3.25. The third kappa shape index (κ3) is 4.31. The zero-order valence-corrected chi connectivity index (χ0v) is 18.6. The number of nitrogens with zero attached hydrogens (tertiary/aromatic N) is 4. The van der Waals surface area contributed by atoms with E-state index in [1.54, 1.807) is 15.9 Å². The minimum Gasteiger partial charge on any atom is -0.371 e. The predicted octanol–water partition coefficient (Wildman–Crippen LogP) is 4.65. The topological polar surface area (TPSA) is 83.0 Å². The van der Waals surface area contributed by atoms with E-state index in [-0.39, 0.29) is 11.7 Å². The van der Waals surface area contributed by atoms with Gasteiger partial charge in [-0.3, -0.25) is 9.36 Å². The summed E-state index contributed by atoms with van der Waals surface area (Å²) in [5, 5.41) is 5.43. The summed E-state index contributed by atoms with van der Waals surface area (Å²) in [4.78, 5) is 24.2. The molecule has 0 aliphatic heterocycles. The largest absolute Gasteiger partial charge is 0.371 e. The van der Waals surface area contributed by atoms with E-state index < -0.39 is 0 Å². The molecule has 0 fully saturated rings. The Morgan fingerprint density at radius 2 is 2.07 bits per heavy atom. The Labute approximate surface area is 172 Å². The smallest absolute Gasteiger partial charge is 0.263 e. The number of hydrogen-bond acceptors (Lipinski definition) is 8. The number of thiophene rings is 1. The second kappa shape index (κ2) is 9.19. The molecule has 0 N–H and O–H groups in total. The summed E-state index contributed by atoms with van der Waals surface area (Å²) >= 11 is 3.02. The van der Waals surface area contributed by atoms with Gasteiger partial charge in [0.1, 0.15) is 10.9 Å². The molecular formula is C19H26N4O3S2. The standard InChI is InChI=1S/C19H26N4O3S2/c1-6-8-9-23-18(24)15-11(3)13(5)28-17(15)21-19(23)27-10-14-20-16(22-26-14)12(4)25-7-2/h12H,6-10H2,1-5H3. The van der Waals surface area contributed by atoms with E-state index in [0.29, 0.717) is 35.8 Å². The summed E-state index contributed by atoms with van der Waals surface area (Å²) in [5.74, 6) is 1.49. The first kappa shape index (κ1) is 21.0. The number of ether oxygens (including phenoxy) is 1. The highest BCUT2D eigenvalue weighted by atomic mass is 32.2. The fraction of sp³-hybridized carbons (Fsp3) is 0.579. The molecule has 7 nitrogen and oxygen atoms in total. The molecule has 0 bridgehead atoms. The molecule has 0 aliphatic carbocycles. The van der Waals surface area contributed by atoms with Crippen molar-refractivity contribution in [3.8, 4) is 0 Å². The van der Waals surface area contributed by atoms with Gasteiger partial charge in [-0.25, -0.2) is 4.98 Å². The fourth-order valence-corrected chi connectivity index (χ4v) is 4.81. The van der Waals surface area contributed by atoms with Crippen LogP contribution in [0.3, 0.4) is 0 Å². The van der Waals surface area contributed by atoms with Crippen LogP contribution in [0.15, 0.2) is 14.5 Å². The lowest BCUT2D eigenvalue weighted by molar-refractivity contribution is 0.0683. The molecule has 9 heteroatoms. The molecule has 3 heterocycles. The van der Waals surface area contributed by atoms with Crippen LogP contribution in [0.25, 0.3) is 10.2 Å². The first-order chi connectivity index (χ1) is 13.5. The van der Waals surface area contributed by atoms with E-state index in [2.05, 4.69) is 17.1 Å². The summed E-state index contributed by atoms with van der Waals surface area (Å²) in [6, 6.07) is 0. The lowest BCUT2D eigenvalue weighted by Gasteiger charge is -2.11. The van der Waals surface area contributed by atoms with Crippen molar-refractivity contribution in [1.82, 2.24) is 19.7 Å². The van der Waals surface area contributed by atoms with Crippen molar-refractivity contribution in [2.24, 2.45) is 0 Å². The fourth-order valence-electron chi connectivity index (χ4n) is 2.87. The van der Waals surface area contributed by atoms with Crippen molar-refractivity contribution >= 4 is 33.3 Å². The Kier molecular flexibility index (Phi) is 6.90. The highest BCUT2D eigenvalue weighted by Crippen LogP contribution is 2.29. The van der Waals surface area contributed by atoms with Crippen molar-refractivity contribution in [2.45, 2.75) is 71.0 Å². The second-order valence-electron chi connectivity index (χ2n) is 6.60. The average molecular weight is 423 g/mol. The maximum atomic E-state index is 13.1. The SMILES string of the molecule is CCCCn1c(SCc2nc(C(C)OCC)no2)nc2sc(C)c(C)c2c1=O. The quantitative estimate of drug-likeness (QED) is 0.367. The van der Waals surface area contributed by atoms with Crippen LogP contribution < -0.4 is 5.56 Å². The molecule has 1 unspecified atom stereocenters. The van der Waals surface area contributed by atoms with Crippen molar-refractivity contribution in [1.29, 1.82) is 0 Å². The van der Waals surface area contributed by atoms with Gasteiger partial charge < -0.3 is 9.26 Å². The lowest BCUT2D eigenvalue weighted by Crippen LogP contribution is -2.23. The molecule has 0 spiro atoms. The summed E-state index contributed by atoms with van der Waals surface area (Å²) in [7, 11) is 0. The summed E-state index contributed by atoms with van der Waals surface area (Å²) in [5.41, 5.74) is 1.07. The highest BCUT2D eigenvalue weighted by molar-refractivity contribution is 7.98. The molecule has 28 heavy (non-hydrogen) atoms. The van der Waals surface area contributed by atoms with Crippen LogP contribution in [0, 0.1) is 13.8 Å². The first-order valence-corrected chi connectivity index (χ1v) is 11.3. The van der Waals surface area contributed by atoms with E-state index in [9.17, 15) is 4.79 Å². The first-order valence-electron chi connectivity index (χ1n) is 9.53. The minimum atomic E-state index is -0.207. The van der Waals surface area contributed by atoms with Crippen LogP contribution in [-0.4, -0.2) is 26.3 Å². The van der Waals surface area contributed by atoms with Crippen molar-refractivity contribution in [2.75, 3.05) is 6.61 Å². The summed E-state index contributed by atoms with van der Waals surface area (Å²) < 4.78 is 12.6. The van der Waals surface area contributed by atoms with Crippen LogP contribution in [-0.2, 0) is 17.0 Å². The second-order valence-corrected chi connectivity index (χ2v) is 8.75. The molecule has 0 aromatic carbocycles. The van der Waals surface area contributed by atoms with Crippen LogP contribution in [0.1, 0.15) is 61.9 Å². The van der Waals surface area contributed by atoms with Crippen LogP contribution in [0.2, 0.25) is 0 Å². The predicted molar refractivity (Wildman–Crippen MR) is 112 cm³/mol. The van der Waals surface area contributed by atoms with Gasteiger partial charge >= 0.3 is 0 Å². The number of hydrogen-bond donors (Lipinski definition) is 0. The van der Waals surface area contributed by atoms with Gasteiger partial charge in [0.15, 0.2) is 11.0 Å². The van der Waals surface area contributed by atoms with Gasteiger partial charge in [0.25, 0.3) is 5.56 Å². The Bertz CT molecular complexity index is 1010. The normalized spacial score (nSPS) is 12.8. The molecule has 0 aliphatic rings. The number of rotatable bonds is 9. The van der Waals surface area contributed by atoms with Gasteiger partial charge in [-0.2, -0.15) is 4.98 Å². The number of thioether (sulfide) groups is 1. The van der Waals surface area contributed by atoms with Gasteiger partial charge in [-0.15, -0.1) is 11.3 Å². The van der Waals surface area contributed by atoms with Crippen molar-refractivity contribution in [3.05, 3.63) is 32.5 Å². The van der Waals surface area contributed by atoms with E-state index in [1.807, 2.05) is 27.7 Å². The van der Waals surface area contributed by atoms with Crippen molar-refractivity contribution in [3.63, 3.8) is 0 Å². The number of unbranched alkanes of at least 4 members (excludes halogenated alkanes) is 1. The van der Waals surface area contributed by atoms with E-state index in [4.69, 9.17) is 14.2 Å².